The average Bonchev–Trinajstić information content (AvgIpc) is 2.74. The molecule has 2 rings (SSSR count). The van der Waals surface area contributed by atoms with Crippen LogP contribution in [0, 0.1) is 5.92 Å². The van der Waals surface area contributed by atoms with Gasteiger partial charge in [0.2, 0.25) is 6.41 Å². The minimum absolute atomic E-state index is 0.0119. The number of nitrogens with zero attached hydrogens (tertiary/aromatic N) is 2. The Kier molecular flexibility index (Phi) is 14.2. The van der Waals surface area contributed by atoms with E-state index in [9.17, 15) is 4.79 Å². The van der Waals surface area contributed by atoms with Crippen LogP contribution in [0.4, 0.5) is 5.69 Å². The summed E-state index contributed by atoms with van der Waals surface area (Å²) in [6.45, 7) is 6.79. The van der Waals surface area contributed by atoms with Crippen LogP contribution in [0.2, 0.25) is 0 Å². The lowest BCUT2D eigenvalue weighted by Gasteiger charge is -2.29. The monoisotopic (exact) mass is 393 g/mol. The van der Waals surface area contributed by atoms with Crippen molar-refractivity contribution in [1.29, 1.82) is 0 Å². The normalized spacial score (nSPS) is 15.2. The molecular formula is C20H35N5O3. The summed E-state index contributed by atoms with van der Waals surface area (Å²) in [6.07, 6.45) is 2.83. The van der Waals surface area contributed by atoms with E-state index >= 15 is 0 Å². The Labute approximate surface area is 168 Å². The zero-order chi connectivity index (χ0) is 21.4. The second kappa shape index (κ2) is 15.6. The van der Waals surface area contributed by atoms with Crippen LogP contribution in [0.15, 0.2) is 29.3 Å². The summed E-state index contributed by atoms with van der Waals surface area (Å²) >= 11 is 0. The largest absolute Gasteiger partial charge is 0.385 e. The van der Waals surface area contributed by atoms with E-state index in [2.05, 4.69) is 21.4 Å². The zero-order valence-electron chi connectivity index (χ0n) is 17.5. The minimum Gasteiger partial charge on any atom is -0.385 e. The molecule has 4 N–H and O–H groups in total. The Morgan fingerprint density at radius 3 is 2.54 bits per heavy atom. The molecule has 1 unspecified atom stereocenters. The maximum Gasteiger partial charge on any atom is 0.211 e. The highest BCUT2D eigenvalue weighted by molar-refractivity contribution is 5.78. The number of carbonyl (C=O) groups excluding carboxylic acids is 2. The number of amides is 1. The topological polar surface area (TPSA) is 109 Å². The highest BCUT2D eigenvalue weighted by Gasteiger charge is 2.25. The number of carbonyl (C=O) groups is 2. The van der Waals surface area contributed by atoms with E-state index in [0.29, 0.717) is 18.3 Å². The number of aliphatic imine (C=N–C) groups is 1. The van der Waals surface area contributed by atoms with Crippen molar-refractivity contribution in [3.8, 4) is 0 Å². The summed E-state index contributed by atoms with van der Waals surface area (Å²) in [4.78, 5) is 25.2. The molecule has 1 heterocycles. The molecule has 1 amide bonds. The molecule has 0 bridgehead atoms. The van der Waals surface area contributed by atoms with Crippen LogP contribution in [-0.4, -0.2) is 65.0 Å². The highest BCUT2D eigenvalue weighted by Crippen LogP contribution is 2.33. The van der Waals surface area contributed by atoms with Crippen LogP contribution in [0.5, 0.6) is 0 Å². The van der Waals surface area contributed by atoms with Crippen LogP contribution in [-0.2, 0) is 14.3 Å². The molecule has 1 saturated heterocycles. The van der Waals surface area contributed by atoms with Crippen molar-refractivity contribution in [2.24, 2.45) is 16.6 Å². The standard InChI is InChI=1S/C16H25N5O.C3H8O.CH2O/c1-21(2)16(17)20-15(12-6-8-18-9-7-12)13-4-3-5-14(10-13)19-11-22;1-3-4-2;1-2/h3-5,10-12,15,18H,6-9H2,1-2H3,(H2,17,20)(H,19,22);3H2,1-2H3;1H2. The molecule has 0 aromatic heterocycles. The first-order chi connectivity index (χ1) is 13.5. The Hall–Kier alpha value is -2.45. The van der Waals surface area contributed by atoms with Gasteiger partial charge in [0.05, 0.1) is 6.04 Å². The lowest BCUT2D eigenvalue weighted by Crippen LogP contribution is -2.34. The molecule has 1 aromatic carbocycles. The number of hydrogen-bond donors (Lipinski definition) is 3. The van der Waals surface area contributed by atoms with Crippen molar-refractivity contribution in [2.75, 3.05) is 46.2 Å². The van der Waals surface area contributed by atoms with E-state index in [-0.39, 0.29) is 6.04 Å². The first-order valence-corrected chi connectivity index (χ1v) is 9.32. The molecular weight excluding hydrogens is 358 g/mol. The maximum atomic E-state index is 10.7. The molecule has 1 aliphatic heterocycles. The Morgan fingerprint density at radius 1 is 1.43 bits per heavy atom. The molecule has 0 saturated carbocycles. The summed E-state index contributed by atoms with van der Waals surface area (Å²) in [5, 5.41) is 6.08. The van der Waals surface area contributed by atoms with Gasteiger partial charge in [-0.2, -0.15) is 0 Å². The molecule has 1 aliphatic rings. The number of benzene rings is 1. The number of rotatable bonds is 6. The van der Waals surface area contributed by atoms with Gasteiger partial charge < -0.3 is 30.8 Å². The van der Waals surface area contributed by atoms with Gasteiger partial charge in [-0.3, -0.25) is 4.79 Å². The summed E-state index contributed by atoms with van der Waals surface area (Å²) < 4.78 is 4.54. The molecule has 0 aliphatic carbocycles. The van der Waals surface area contributed by atoms with Crippen molar-refractivity contribution in [3.63, 3.8) is 0 Å². The van der Waals surface area contributed by atoms with Crippen LogP contribution in [0.1, 0.15) is 31.4 Å². The van der Waals surface area contributed by atoms with E-state index in [0.717, 1.165) is 43.8 Å². The third-order valence-corrected chi connectivity index (χ3v) is 4.30. The van der Waals surface area contributed by atoms with Crippen molar-refractivity contribution in [3.05, 3.63) is 29.8 Å². The van der Waals surface area contributed by atoms with Crippen molar-refractivity contribution >= 4 is 24.8 Å². The summed E-state index contributed by atoms with van der Waals surface area (Å²) in [5.41, 5.74) is 7.92. The lowest BCUT2D eigenvalue weighted by atomic mass is 9.86. The number of nitrogens with two attached hydrogens (primary N) is 1. The number of hydrogen-bond acceptors (Lipinski definition) is 5. The van der Waals surface area contributed by atoms with Gasteiger partial charge in [0.15, 0.2) is 5.96 Å². The van der Waals surface area contributed by atoms with Crippen LogP contribution >= 0.6 is 0 Å². The van der Waals surface area contributed by atoms with Crippen LogP contribution < -0.4 is 16.4 Å². The fraction of sp³-hybridized carbons (Fsp3) is 0.550. The molecule has 0 spiro atoms. The van der Waals surface area contributed by atoms with Gasteiger partial charge in [0, 0.05) is 33.5 Å². The Balaban J connectivity index is 0.00000108. The van der Waals surface area contributed by atoms with Crippen LogP contribution in [0.25, 0.3) is 0 Å². The Bertz CT molecular complexity index is 573. The molecule has 1 aromatic rings. The highest BCUT2D eigenvalue weighted by atomic mass is 16.5. The number of methoxy groups -OCH3 is 1. The smallest absolute Gasteiger partial charge is 0.211 e. The van der Waals surface area contributed by atoms with E-state index in [4.69, 9.17) is 15.5 Å². The van der Waals surface area contributed by atoms with Crippen molar-refractivity contribution in [2.45, 2.75) is 25.8 Å². The third-order valence-electron chi connectivity index (χ3n) is 4.30. The molecule has 8 heteroatoms. The molecule has 0 radical (unpaired) electrons. The molecule has 1 atom stereocenters. The minimum atomic E-state index is 0.0119. The molecule has 28 heavy (non-hydrogen) atoms. The van der Waals surface area contributed by atoms with Crippen molar-refractivity contribution in [1.82, 2.24) is 10.2 Å². The quantitative estimate of drug-likeness (QED) is 0.385. The van der Waals surface area contributed by atoms with E-state index in [1.165, 1.54) is 0 Å². The van der Waals surface area contributed by atoms with E-state index in [1.807, 2.05) is 50.9 Å². The average molecular weight is 394 g/mol. The predicted octanol–water partition coefficient (Wildman–Crippen LogP) is 1.64. The first-order valence-electron chi connectivity index (χ1n) is 9.32. The SMILES string of the molecule is C=O.CCOC.CN(C)C(N)=NC(c1cccc(NC=O)c1)C1CCNCC1. The fourth-order valence-electron chi connectivity index (χ4n) is 2.75. The van der Waals surface area contributed by atoms with Crippen molar-refractivity contribution < 1.29 is 14.3 Å². The molecule has 1 fully saturated rings. The fourth-order valence-corrected chi connectivity index (χ4v) is 2.75. The van der Waals surface area contributed by atoms with Gasteiger partial charge in [-0.25, -0.2) is 4.99 Å². The van der Waals surface area contributed by atoms with Gasteiger partial charge in [-0.15, -0.1) is 0 Å². The number of ether oxygens (including phenoxy) is 1. The number of anilines is 1. The van der Waals surface area contributed by atoms with Gasteiger partial charge in [-0.1, -0.05) is 12.1 Å². The summed E-state index contributed by atoms with van der Waals surface area (Å²) in [6, 6.07) is 7.85. The summed E-state index contributed by atoms with van der Waals surface area (Å²) in [5.74, 6) is 0.975. The van der Waals surface area contributed by atoms with Gasteiger partial charge in [0.1, 0.15) is 6.79 Å². The van der Waals surface area contributed by atoms with Gasteiger partial charge in [0.25, 0.3) is 0 Å². The lowest BCUT2D eigenvalue weighted by molar-refractivity contribution is -0.105. The molecule has 158 valence electrons. The maximum absolute atomic E-state index is 10.7. The van der Waals surface area contributed by atoms with E-state index < -0.39 is 0 Å². The number of guanidine groups is 1. The molecule has 8 nitrogen and oxygen atoms in total. The van der Waals surface area contributed by atoms with Gasteiger partial charge in [-0.05, 0) is 56.5 Å². The first kappa shape index (κ1) is 25.6. The Morgan fingerprint density at radius 2 is 2.04 bits per heavy atom. The second-order valence-corrected chi connectivity index (χ2v) is 6.38. The third kappa shape index (κ3) is 9.48. The predicted molar refractivity (Wildman–Crippen MR) is 114 cm³/mol. The summed E-state index contributed by atoms with van der Waals surface area (Å²) in [7, 11) is 5.46. The van der Waals surface area contributed by atoms with Gasteiger partial charge >= 0.3 is 0 Å². The van der Waals surface area contributed by atoms with E-state index in [1.54, 1.807) is 7.11 Å². The number of piperidine rings is 1. The van der Waals surface area contributed by atoms with Crippen LogP contribution in [0.3, 0.4) is 0 Å². The zero-order valence-corrected chi connectivity index (χ0v) is 17.5. The second-order valence-electron chi connectivity index (χ2n) is 6.38. The number of nitrogens with one attached hydrogen (secondary N) is 2.